The monoisotopic (exact) mass is 598 g/mol. The van der Waals surface area contributed by atoms with Gasteiger partial charge in [-0.05, 0) is 0 Å². The molecular formula is C36H45Sb. The van der Waals surface area contributed by atoms with Gasteiger partial charge in [-0.2, -0.15) is 0 Å². The minimum absolute atomic E-state index is 0.764. The summed E-state index contributed by atoms with van der Waals surface area (Å²) in [5.74, 6) is 2.29. The zero-order valence-corrected chi connectivity index (χ0v) is 25.3. The summed E-state index contributed by atoms with van der Waals surface area (Å²) in [7, 11) is 0. The van der Waals surface area contributed by atoms with Crippen LogP contribution in [0.5, 0.6) is 0 Å². The Morgan fingerprint density at radius 2 is 0.622 bits per heavy atom. The van der Waals surface area contributed by atoms with Gasteiger partial charge in [0.05, 0.1) is 0 Å². The summed E-state index contributed by atoms with van der Waals surface area (Å²) in [6, 6.07) is 29.5. The fraction of sp³-hybridized carbons (Fsp3) is 0.500. The van der Waals surface area contributed by atoms with Crippen molar-refractivity contribution in [3.8, 4) is 0 Å². The molecule has 194 valence electrons. The Kier molecular flexibility index (Phi) is 8.73. The van der Waals surface area contributed by atoms with Crippen LogP contribution in [0.15, 0.2) is 72.8 Å². The molecule has 0 unspecified atom stereocenters. The summed E-state index contributed by atoms with van der Waals surface area (Å²) >= 11 is -2.27. The van der Waals surface area contributed by atoms with Crippen molar-refractivity contribution >= 4 is 30.7 Å². The molecule has 3 aromatic carbocycles. The third kappa shape index (κ3) is 5.76. The van der Waals surface area contributed by atoms with Crippen LogP contribution >= 0.6 is 0 Å². The molecule has 0 N–H and O–H groups in total. The molecule has 1 heteroatoms. The van der Waals surface area contributed by atoms with Crippen molar-refractivity contribution in [1.29, 1.82) is 0 Å². The van der Waals surface area contributed by atoms with Crippen molar-refractivity contribution in [3.05, 3.63) is 89.5 Å². The second-order valence-electron chi connectivity index (χ2n) is 12.0. The van der Waals surface area contributed by atoms with Gasteiger partial charge >= 0.3 is 234 Å². The van der Waals surface area contributed by atoms with Crippen molar-refractivity contribution in [2.75, 3.05) is 0 Å². The quantitative estimate of drug-likeness (QED) is 0.250. The van der Waals surface area contributed by atoms with E-state index in [0.29, 0.717) is 0 Å². The average molecular weight is 600 g/mol. The van der Waals surface area contributed by atoms with Crippen molar-refractivity contribution in [3.63, 3.8) is 0 Å². The normalized spacial score (nSPS) is 20.4. The standard InChI is InChI=1S/3C12H15.Sb/c3*1-3-7-11(8-4-1)12-9-5-2-6-10-12;/h3*1,3-4,7,12H,2,5-6,9-10H2;. The molecule has 0 amide bonds. The Morgan fingerprint density at radius 3 is 0.919 bits per heavy atom. The molecule has 0 nitrogen and oxygen atoms in total. The van der Waals surface area contributed by atoms with Crippen LogP contribution in [0.2, 0.25) is 0 Å². The summed E-state index contributed by atoms with van der Waals surface area (Å²) in [6.45, 7) is 0. The Morgan fingerprint density at radius 1 is 0.351 bits per heavy atom. The molecule has 3 saturated carbocycles. The number of rotatable bonds is 6. The predicted molar refractivity (Wildman–Crippen MR) is 161 cm³/mol. The van der Waals surface area contributed by atoms with Crippen LogP contribution in [0, 0.1) is 0 Å². The van der Waals surface area contributed by atoms with E-state index < -0.39 is 20.2 Å². The fourth-order valence-electron chi connectivity index (χ4n) is 7.74. The van der Waals surface area contributed by atoms with Gasteiger partial charge in [-0.1, -0.05) is 0 Å². The molecule has 0 saturated heterocycles. The van der Waals surface area contributed by atoms with E-state index in [2.05, 4.69) is 72.8 Å². The molecule has 6 rings (SSSR count). The van der Waals surface area contributed by atoms with E-state index in [9.17, 15) is 0 Å². The number of benzene rings is 3. The summed E-state index contributed by atoms with van der Waals surface area (Å²) in [6.07, 6.45) is 21.1. The predicted octanol–water partition coefficient (Wildman–Crippen LogP) is 8.35. The Balaban J connectivity index is 1.53. The van der Waals surface area contributed by atoms with Crippen LogP contribution in [0.3, 0.4) is 0 Å². The second kappa shape index (κ2) is 12.6. The molecule has 0 heterocycles. The van der Waals surface area contributed by atoms with Crippen LogP contribution in [-0.4, -0.2) is 20.2 Å². The third-order valence-electron chi connectivity index (χ3n) is 9.67. The molecule has 0 aliphatic heterocycles. The van der Waals surface area contributed by atoms with Gasteiger partial charge in [0.25, 0.3) is 0 Å². The molecule has 3 aromatic rings. The van der Waals surface area contributed by atoms with Crippen molar-refractivity contribution in [1.82, 2.24) is 0 Å². The summed E-state index contributed by atoms with van der Waals surface area (Å²) in [4.78, 5) is 0. The van der Waals surface area contributed by atoms with Gasteiger partial charge in [0, 0.05) is 0 Å². The van der Waals surface area contributed by atoms with Gasteiger partial charge in [-0.25, -0.2) is 0 Å². The van der Waals surface area contributed by atoms with E-state index in [1.807, 2.05) is 0 Å². The molecule has 3 fully saturated rings. The molecule has 0 spiro atoms. The van der Waals surface area contributed by atoms with E-state index in [4.69, 9.17) is 0 Å². The maximum absolute atomic E-state index is 2.59. The molecule has 3 aliphatic carbocycles. The van der Waals surface area contributed by atoms with Gasteiger partial charge in [-0.15, -0.1) is 0 Å². The number of hydrogen-bond acceptors (Lipinski definition) is 0. The van der Waals surface area contributed by atoms with Crippen molar-refractivity contribution in [2.24, 2.45) is 0 Å². The molecule has 3 aliphatic rings. The maximum atomic E-state index is 2.59. The van der Waals surface area contributed by atoms with E-state index in [0.717, 1.165) is 17.8 Å². The van der Waals surface area contributed by atoms with E-state index in [-0.39, 0.29) is 0 Å². The van der Waals surface area contributed by atoms with Crippen LogP contribution < -0.4 is 10.5 Å². The zero-order valence-electron chi connectivity index (χ0n) is 22.7. The first kappa shape index (κ1) is 25.7. The van der Waals surface area contributed by atoms with Crippen molar-refractivity contribution in [2.45, 2.75) is 114 Å². The first-order valence-electron chi connectivity index (χ1n) is 15.5. The van der Waals surface area contributed by atoms with Gasteiger partial charge in [-0.3, -0.25) is 0 Å². The van der Waals surface area contributed by atoms with E-state index in [1.54, 1.807) is 27.2 Å². The summed E-state index contributed by atoms with van der Waals surface area (Å²) in [5.41, 5.74) is 5.17. The van der Waals surface area contributed by atoms with E-state index >= 15 is 0 Å². The topological polar surface area (TPSA) is 0 Å². The minimum atomic E-state index is -2.27. The Hall–Kier alpha value is -1.52. The van der Waals surface area contributed by atoms with Crippen LogP contribution in [0.25, 0.3) is 0 Å². The SMILES string of the molecule is c1cc[c]([Sb]([c]2ccccc2C2CCCCC2)[c]2ccccc2C2CCCCC2)c(C2CCCCC2)c1. The zero-order chi connectivity index (χ0) is 24.9. The summed E-state index contributed by atoms with van der Waals surface area (Å²) in [5, 5.41) is 0. The van der Waals surface area contributed by atoms with E-state index in [1.165, 1.54) is 96.3 Å². The van der Waals surface area contributed by atoms with Crippen LogP contribution in [0.4, 0.5) is 0 Å². The molecule has 37 heavy (non-hydrogen) atoms. The van der Waals surface area contributed by atoms with Gasteiger partial charge in [0.15, 0.2) is 0 Å². The van der Waals surface area contributed by atoms with Crippen LogP contribution in [-0.2, 0) is 0 Å². The van der Waals surface area contributed by atoms with Crippen molar-refractivity contribution < 1.29 is 0 Å². The number of hydrogen-bond donors (Lipinski definition) is 0. The fourth-order valence-corrected chi connectivity index (χ4v) is 16.4. The average Bonchev–Trinajstić information content (AvgIpc) is 2.99. The first-order valence-corrected chi connectivity index (χ1v) is 19.3. The van der Waals surface area contributed by atoms with Gasteiger partial charge in [0.1, 0.15) is 0 Å². The third-order valence-corrected chi connectivity index (χ3v) is 17.3. The van der Waals surface area contributed by atoms with Crippen LogP contribution in [0.1, 0.15) is 131 Å². The molecular weight excluding hydrogens is 554 g/mol. The summed E-state index contributed by atoms with van der Waals surface area (Å²) < 4.78 is 5.34. The van der Waals surface area contributed by atoms with Gasteiger partial charge in [0.2, 0.25) is 0 Å². The Labute approximate surface area is 233 Å². The first-order chi connectivity index (χ1) is 18.4. The molecule has 0 radical (unpaired) electrons. The molecule has 0 atom stereocenters. The van der Waals surface area contributed by atoms with Gasteiger partial charge < -0.3 is 0 Å². The Bertz CT molecular complexity index is 998. The molecule has 0 bridgehead atoms. The second-order valence-corrected chi connectivity index (χ2v) is 18.1. The molecule has 0 aromatic heterocycles.